The molecule has 3 rings (SSSR count). The quantitative estimate of drug-likeness (QED) is 0.916. The molecule has 1 aliphatic rings. The lowest BCUT2D eigenvalue weighted by atomic mass is 10.2. The Morgan fingerprint density at radius 2 is 2.00 bits per heavy atom. The van der Waals surface area contributed by atoms with Crippen molar-refractivity contribution in [2.75, 3.05) is 32.8 Å². The maximum Gasteiger partial charge on any atom is 0.178 e. The molecule has 1 aromatic heterocycles. The molecule has 0 amide bonds. The van der Waals surface area contributed by atoms with E-state index in [1.54, 1.807) is 0 Å². The average molecular weight is 340 g/mol. The third-order valence-electron chi connectivity index (χ3n) is 3.57. The van der Waals surface area contributed by atoms with Crippen LogP contribution in [0.15, 0.2) is 29.0 Å². The Bertz CT molecular complexity index is 581. The van der Waals surface area contributed by atoms with Crippen LogP contribution in [0.3, 0.4) is 0 Å². The fraction of sp³-hybridized carbons (Fsp3) is 0.500. The van der Waals surface area contributed by atoms with Gasteiger partial charge in [-0.1, -0.05) is 12.1 Å². The van der Waals surface area contributed by atoms with Crippen molar-refractivity contribution >= 4 is 27.0 Å². The van der Waals surface area contributed by atoms with Gasteiger partial charge in [0.2, 0.25) is 0 Å². The van der Waals surface area contributed by atoms with Gasteiger partial charge in [0, 0.05) is 19.6 Å². The number of halogens is 1. The molecule has 20 heavy (non-hydrogen) atoms. The summed E-state index contributed by atoms with van der Waals surface area (Å²) in [4.78, 5) is 6.69. The smallest absolute Gasteiger partial charge is 0.178 e. The minimum atomic E-state index is -0.415. The molecule has 1 unspecified atom stereocenters. The number of fused-ring (bicyclic) bond motifs is 1. The van der Waals surface area contributed by atoms with E-state index in [1.807, 2.05) is 28.8 Å². The summed E-state index contributed by atoms with van der Waals surface area (Å²) in [7, 11) is 0. The van der Waals surface area contributed by atoms with Gasteiger partial charge in [0.1, 0.15) is 0 Å². The summed E-state index contributed by atoms with van der Waals surface area (Å²) in [5.74, 6) is 0. The number of aliphatic hydroxyl groups excluding tert-OH is 1. The molecule has 0 aliphatic carbocycles. The number of β-amino-alcohol motifs (C(OH)–C–C–N with tert-alkyl or cyclic N) is 1. The molecule has 0 bridgehead atoms. The van der Waals surface area contributed by atoms with Crippen molar-refractivity contribution in [2.45, 2.75) is 12.6 Å². The van der Waals surface area contributed by atoms with E-state index < -0.39 is 6.10 Å². The van der Waals surface area contributed by atoms with Crippen molar-refractivity contribution in [1.82, 2.24) is 14.5 Å². The van der Waals surface area contributed by atoms with Gasteiger partial charge in [-0.25, -0.2) is 4.98 Å². The molecular weight excluding hydrogens is 322 g/mol. The van der Waals surface area contributed by atoms with Gasteiger partial charge in [0.05, 0.1) is 36.9 Å². The molecule has 2 aromatic rings. The Labute approximate surface area is 126 Å². The van der Waals surface area contributed by atoms with Crippen LogP contribution >= 0.6 is 15.9 Å². The van der Waals surface area contributed by atoms with Crippen molar-refractivity contribution in [3.63, 3.8) is 0 Å². The number of imidazole rings is 1. The van der Waals surface area contributed by atoms with E-state index in [9.17, 15) is 5.11 Å². The predicted octanol–water partition coefficient (Wildman–Crippen LogP) is 1.49. The highest BCUT2D eigenvalue weighted by molar-refractivity contribution is 9.10. The molecule has 0 spiro atoms. The average Bonchev–Trinajstić information content (AvgIpc) is 2.76. The van der Waals surface area contributed by atoms with E-state index in [0.717, 1.165) is 42.1 Å². The second-order valence-corrected chi connectivity index (χ2v) is 5.76. The van der Waals surface area contributed by atoms with Crippen LogP contribution in [0, 0.1) is 0 Å². The molecule has 1 atom stereocenters. The summed E-state index contributed by atoms with van der Waals surface area (Å²) < 4.78 is 8.10. The molecule has 5 nitrogen and oxygen atoms in total. The first-order valence-electron chi connectivity index (χ1n) is 6.83. The van der Waals surface area contributed by atoms with Crippen molar-refractivity contribution < 1.29 is 9.84 Å². The van der Waals surface area contributed by atoms with Crippen LogP contribution in [0.25, 0.3) is 11.0 Å². The number of morpholine rings is 1. The van der Waals surface area contributed by atoms with Crippen LogP contribution in [0.2, 0.25) is 0 Å². The van der Waals surface area contributed by atoms with Crippen molar-refractivity contribution in [3.05, 3.63) is 29.0 Å². The summed E-state index contributed by atoms with van der Waals surface area (Å²) >= 11 is 3.47. The highest BCUT2D eigenvalue weighted by Gasteiger charge is 2.17. The summed E-state index contributed by atoms with van der Waals surface area (Å²) in [5.41, 5.74) is 1.98. The Balaban J connectivity index is 1.70. The SMILES string of the molecule is OC(CN1CCOCC1)Cn1c(Br)nc2ccccc21. The Hall–Kier alpha value is -0.950. The number of hydrogen-bond acceptors (Lipinski definition) is 4. The van der Waals surface area contributed by atoms with Gasteiger partial charge < -0.3 is 14.4 Å². The lowest BCUT2D eigenvalue weighted by molar-refractivity contribution is 0.0116. The van der Waals surface area contributed by atoms with Gasteiger partial charge in [-0.05, 0) is 28.1 Å². The van der Waals surface area contributed by atoms with Crippen LogP contribution in [0.1, 0.15) is 0 Å². The standard InChI is InChI=1S/C14H18BrN3O2/c15-14-16-12-3-1-2-4-13(12)18(14)10-11(19)9-17-5-7-20-8-6-17/h1-4,11,19H,5-10H2. The summed E-state index contributed by atoms with van der Waals surface area (Å²) in [5, 5.41) is 10.3. The van der Waals surface area contributed by atoms with Crippen LogP contribution in [-0.2, 0) is 11.3 Å². The van der Waals surface area contributed by atoms with Gasteiger partial charge in [0.25, 0.3) is 0 Å². The normalized spacial score (nSPS) is 18.5. The van der Waals surface area contributed by atoms with E-state index in [0.29, 0.717) is 13.1 Å². The van der Waals surface area contributed by atoms with Gasteiger partial charge in [-0.3, -0.25) is 4.90 Å². The minimum absolute atomic E-state index is 0.415. The predicted molar refractivity (Wildman–Crippen MR) is 80.7 cm³/mol. The second-order valence-electron chi connectivity index (χ2n) is 5.05. The topological polar surface area (TPSA) is 50.5 Å². The van der Waals surface area contributed by atoms with Crippen LogP contribution in [0.5, 0.6) is 0 Å². The molecule has 0 radical (unpaired) electrons. The van der Waals surface area contributed by atoms with E-state index in [1.165, 1.54) is 0 Å². The first kappa shape index (κ1) is 14.0. The Morgan fingerprint density at radius 3 is 2.80 bits per heavy atom. The number of nitrogens with zero attached hydrogens (tertiary/aromatic N) is 3. The van der Waals surface area contributed by atoms with Gasteiger partial charge in [-0.2, -0.15) is 0 Å². The van der Waals surface area contributed by atoms with Gasteiger partial charge in [0.15, 0.2) is 4.73 Å². The summed E-state index contributed by atoms with van der Waals surface area (Å²) in [6.07, 6.45) is -0.415. The molecule has 0 saturated carbocycles. The summed E-state index contributed by atoms with van der Waals surface area (Å²) in [6.45, 7) is 4.50. The fourth-order valence-corrected chi connectivity index (χ4v) is 3.10. The highest BCUT2D eigenvalue weighted by atomic mass is 79.9. The minimum Gasteiger partial charge on any atom is -0.390 e. The number of para-hydroxylation sites is 2. The maximum absolute atomic E-state index is 10.3. The maximum atomic E-state index is 10.3. The molecule has 1 aromatic carbocycles. The molecule has 2 heterocycles. The largest absolute Gasteiger partial charge is 0.390 e. The van der Waals surface area contributed by atoms with Crippen LogP contribution < -0.4 is 0 Å². The Morgan fingerprint density at radius 1 is 1.25 bits per heavy atom. The fourth-order valence-electron chi connectivity index (χ4n) is 2.57. The van der Waals surface area contributed by atoms with Crippen molar-refractivity contribution in [3.8, 4) is 0 Å². The number of aromatic nitrogens is 2. The number of aliphatic hydroxyl groups is 1. The van der Waals surface area contributed by atoms with Crippen LogP contribution in [-0.4, -0.2) is 58.5 Å². The molecule has 6 heteroatoms. The van der Waals surface area contributed by atoms with E-state index in [2.05, 4.69) is 25.8 Å². The van der Waals surface area contributed by atoms with E-state index in [4.69, 9.17) is 4.74 Å². The zero-order valence-corrected chi connectivity index (χ0v) is 12.8. The monoisotopic (exact) mass is 339 g/mol. The number of benzene rings is 1. The highest BCUT2D eigenvalue weighted by Crippen LogP contribution is 2.20. The van der Waals surface area contributed by atoms with Gasteiger partial charge in [-0.15, -0.1) is 0 Å². The molecule has 108 valence electrons. The summed E-state index contributed by atoms with van der Waals surface area (Å²) in [6, 6.07) is 7.96. The molecule has 1 fully saturated rings. The number of rotatable bonds is 4. The van der Waals surface area contributed by atoms with E-state index in [-0.39, 0.29) is 0 Å². The molecular formula is C14H18BrN3O2. The zero-order chi connectivity index (χ0) is 13.9. The van der Waals surface area contributed by atoms with Gasteiger partial charge >= 0.3 is 0 Å². The second kappa shape index (κ2) is 6.22. The first-order chi connectivity index (χ1) is 9.74. The van der Waals surface area contributed by atoms with Crippen molar-refractivity contribution in [2.24, 2.45) is 0 Å². The third kappa shape index (κ3) is 3.03. The van der Waals surface area contributed by atoms with E-state index >= 15 is 0 Å². The Kier molecular flexibility index (Phi) is 4.35. The lowest BCUT2D eigenvalue weighted by Gasteiger charge is -2.28. The number of hydrogen-bond donors (Lipinski definition) is 1. The van der Waals surface area contributed by atoms with Crippen molar-refractivity contribution in [1.29, 1.82) is 0 Å². The number of ether oxygens (including phenoxy) is 1. The third-order valence-corrected chi connectivity index (χ3v) is 4.18. The molecule has 1 saturated heterocycles. The van der Waals surface area contributed by atoms with Crippen LogP contribution in [0.4, 0.5) is 0 Å². The molecule has 1 aliphatic heterocycles. The lowest BCUT2D eigenvalue weighted by Crippen LogP contribution is -2.42. The first-order valence-corrected chi connectivity index (χ1v) is 7.62. The molecule has 1 N–H and O–H groups in total. The zero-order valence-electron chi connectivity index (χ0n) is 11.2.